The van der Waals surface area contributed by atoms with Crippen molar-refractivity contribution >= 4 is 17.3 Å². The third kappa shape index (κ3) is 1.84. The molecule has 14 heavy (non-hydrogen) atoms. The maximum atomic E-state index is 10.5. The summed E-state index contributed by atoms with van der Waals surface area (Å²) >= 11 is 0. The van der Waals surface area contributed by atoms with Gasteiger partial charge in [-0.15, -0.1) is 0 Å². The number of nitro groups is 1. The summed E-state index contributed by atoms with van der Waals surface area (Å²) in [5.41, 5.74) is -0.710. The predicted octanol–water partition coefficient (Wildman–Crippen LogP) is 1.84. The highest BCUT2D eigenvalue weighted by atomic mass is 16.6. The molecular weight excluding hydrogens is 188 g/mol. The van der Waals surface area contributed by atoms with E-state index in [4.69, 9.17) is 11.7 Å². The van der Waals surface area contributed by atoms with Gasteiger partial charge < -0.3 is 5.11 Å². The Balaban J connectivity index is 3.36. The number of nitro benzene ring substituents is 1. The first-order valence-electron chi connectivity index (χ1n) is 3.45. The van der Waals surface area contributed by atoms with Crippen LogP contribution in [0.5, 0.6) is 0 Å². The number of carbonyl (C=O) groups is 1. The molecule has 0 aliphatic heterocycles. The monoisotopic (exact) mass is 192 g/mol. The number of hydrogen-bond donors (Lipinski definition) is 1. The highest BCUT2D eigenvalue weighted by molar-refractivity contribution is 5.90. The van der Waals surface area contributed by atoms with Crippen molar-refractivity contribution in [1.29, 1.82) is 0 Å². The first kappa shape index (κ1) is 9.67. The van der Waals surface area contributed by atoms with Crippen LogP contribution in [0, 0.1) is 16.7 Å². The fraction of sp³-hybridized carbons (Fsp3) is 0. The lowest BCUT2D eigenvalue weighted by Crippen LogP contribution is -1.97. The third-order valence-corrected chi connectivity index (χ3v) is 1.49. The molecule has 0 radical (unpaired) electrons. The second kappa shape index (κ2) is 3.53. The number of nitrogens with zero attached hydrogens (tertiary/aromatic N) is 2. The molecule has 1 aromatic rings. The summed E-state index contributed by atoms with van der Waals surface area (Å²) in [6, 6.07) is 3.03. The Morgan fingerprint density at radius 2 is 2.14 bits per heavy atom. The largest absolute Gasteiger partial charge is 0.478 e. The van der Waals surface area contributed by atoms with Crippen LogP contribution in [0.3, 0.4) is 0 Å². The minimum atomic E-state index is -1.29. The molecule has 0 fully saturated rings. The van der Waals surface area contributed by atoms with Crippen molar-refractivity contribution in [3.63, 3.8) is 0 Å². The molecular formula is C8H4N2O4. The van der Waals surface area contributed by atoms with E-state index in [2.05, 4.69) is 4.85 Å². The zero-order valence-corrected chi connectivity index (χ0v) is 6.80. The van der Waals surface area contributed by atoms with Gasteiger partial charge in [-0.25, -0.2) is 9.64 Å². The molecule has 0 atom stereocenters. The van der Waals surface area contributed by atoms with Crippen molar-refractivity contribution in [2.45, 2.75) is 0 Å². The third-order valence-electron chi connectivity index (χ3n) is 1.49. The highest BCUT2D eigenvalue weighted by Gasteiger charge is 2.13. The van der Waals surface area contributed by atoms with Gasteiger partial charge in [0.15, 0.2) is 5.69 Å². The van der Waals surface area contributed by atoms with Gasteiger partial charge in [-0.05, 0) is 6.07 Å². The van der Waals surface area contributed by atoms with Gasteiger partial charge in [0.25, 0.3) is 5.69 Å². The second-order valence-corrected chi connectivity index (χ2v) is 2.41. The van der Waals surface area contributed by atoms with Crippen molar-refractivity contribution in [3.05, 3.63) is 45.3 Å². The Morgan fingerprint density at radius 3 is 2.57 bits per heavy atom. The Hall–Kier alpha value is -2.42. The number of non-ortho nitro benzene ring substituents is 1. The van der Waals surface area contributed by atoms with Crippen LogP contribution < -0.4 is 0 Å². The van der Waals surface area contributed by atoms with Gasteiger partial charge in [-0.2, -0.15) is 0 Å². The summed E-state index contributed by atoms with van der Waals surface area (Å²) in [5, 5.41) is 18.9. The van der Waals surface area contributed by atoms with Crippen LogP contribution in [-0.4, -0.2) is 16.0 Å². The van der Waals surface area contributed by atoms with Crippen LogP contribution in [0.2, 0.25) is 0 Å². The maximum absolute atomic E-state index is 10.5. The molecule has 6 nitrogen and oxygen atoms in total. The summed E-state index contributed by atoms with van der Waals surface area (Å²) in [6.07, 6.45) is 0. The van der Waals surface area contributed by atoms with E-state index in [1.807, 2.05) is 0 Å². The van der Waals surface area contributed by atoms with Gasteiger partial charge in [0.2, 0.25) is 0 Å². The predicted molar refractivity (Wildman–Crippen MR) is 46.3 cm³/mol. The zero-order valence-electron chi connectivity index (χ0n) is 6.80. The lowest BCUT2D eigenvalue weighted by molar-refractivity contribution is -0.384. The molecule has 0 aliphatic carbocycles. The second-order valence-electron chi connectivity index (χ2n) is 2.41. The maximum Gasteiger partial charge on any atom is 0.334 e. The van der Waals surface area contributed by atoms with Crippen molar-refractivity contribution in [3.8, 4) is 0 Å². The van der Waals surface area contributed by atoms with Crippen molar-refractivity contribution in [2.24, 2.45) is 0 Å². The average molecular weight is 192 g/mol. The quantitative estimate of drug-likeness (QED) is 0.440. The van der Waals surface area contributed by atoms with E-state index in [-0.39, 0.29) is 11.3 Å². The van der Waals surface area contributed by atoms with Crippen LogP contribution in [0.4, 0.5) is 11.4 Å². The van der Waals surface area contributed by atoms with Gasteiger partial charge >= 0.3 is 5.97 Å². The Bertz CT molecular complexity index is 415. The molecule has 70 valence electrons. The van der Waals surface area contributed by atoms with E-state index >= 15 is 0 Å². The van der Waals surface area contributed by atoms with E-state index in [1.165, 1.54) is 0 Å². The van der Waals surface area contributed by atoms with Crippen LogP contribution in [0.25, 0.3) is 4.85 Å². The fourth-order valence-electron chi connectivity index (χ4n) is 0.889. The van der Waals surface area contributed by atoms with Crippen molar-refractivity contribution in [1.82, 2.24) is 0 Å². The minimum Gasteiger partial charge on any atom is -0.478 e. The van der Waals surface area contributed by atoms with E-state index in [0.717, 1.165) is 18.2 Å². The molecule has 0 aromatic heterocycles. The van der Waals surface area contributed by atoms with E-state index in [0.29, 0.717) is 0 Å². The van der Waals surface area contributed by atoms with Gasteiger partial charge in [-0.3, -0.25) is 10.1 Å². The highest BCUT2D eigenvalue weighted by Crippen LogP contribution is 2.22. The van der Waals surface area contributed by atoms with E-state index in [9.17, 15) is 14.9 Å². The Labute approximate surface area is 78.4 Å². The molecule has 0 bridgehead atoms. The van der Waals surface area contributed by atoms with Crippen LogP contribution in [0.15, 0.2) is 18.2 Å². The van der Waals surface area contributed by atoms with E-state index in [1.54, 1.807) is 0 Å². The number of benzene rings is 1. The first-order chi connectivity index (χ1) is 6.54. The molecule has 0 unspecified atom stereocenters. The lowest BCUT2D eigenvalue weighted by atomic mass is 10.2. The van der Waals surface area contributed by atoms with Crippen LogP contribution >= 0.6 is 0 Å². The Morgan fingerprint density at radius 1 is 1.50 bits per heavy atom. The van der Waals surface area contributed by atoms with Gasteiger partial charge in [0.1, 0.15) is 0 Å². The summed E-state index contributed by atoms with van der Waals surface area (Å²) in [4.78, 5) is 23.1. The number of aromatic carboxylic acids is 1. The fourth-order valence-corrected chi connectivity index (χ4v) is 0.889. The standard InChI is InChI=1S/C8H4N2O4/c1-9-6-2-5(8(11)12)3-7(4-6)10(13)14/h2-4H,(H,11,12). The van der Waals surface area contributed by atoms with Gasteiger partial charge in [0.05, 0.1) is 17.1 Å². The summed E-state index contributed by atoms with van der Waals surface area (Å²) in [6.45, 7) is 6.63. The van der Waals surface area contributed by atoms with Gasteiger partial charge in [0, 0.05) is 12.1 Å². The molecule has 0 spiro atoms. The molecule has 1 rings (SSSR count). The number of rotatable bonds is 2. The summed E-state index contributed by atoms with van der Waals surface area (Å²) < 4.78 is 0. The lowest BCUT2D eigenvalue weighted by Gasteiger charge is -1.96. The van der Waals surface area contributed by atoms with Gasteiger partial charge in [-0.1, -0.05) is 0 Å². The van der Waals surface area contributed by atoms with Crippen LogP contribution in [-0.2, 0) is 0 Å². The molecule has 0 saturated carbocycles. The van der Waals surface area contributed by atoms with Crippen LogP contribution in [0.1, 0.15) is 10.4 Å². The molecule has 6 heteroatoms. The number of hydrogen-bond acceptors (Lipinski definition) is 3. The molecule has 1 aromatic carbocycles. The molecule has 0 amide bonds. The normalized spacial score (nSPS) is 9.07. The number of carboxylic acid groups (broad SMARTS) is 1. The summed E-state index contributed by atoms with van der Waals surface area (Å²) in [5.74, 6) is -1.29. The molecule has 0 aliphatic rings. The SMILES string of the molecule is [C-]#[N+]c1cc(C(=O)O)cc([N+](=O)[O-])c1. The zero-order chi connectivity index (χ0) is 10.7. The number of carboxylic acids is 1. The smallest absolute Gasteiger partial charge is 0.334 e. The molecule has 0 saturated heterocycles. The summed E-state index contributed by atoms with van der Waals surface area (Å²) in [7, 11) is 0. The average Bonchev–Trinajstić information content (AvgIpc) is 2.16. The topological polar surface area (TPSA) is 84.8 Å². The molecule has 1 N–H and O–H groups in total. The van der Waals surface area contributed by atoms with Crippen molar-refractivity contribution in [2.75, 3.05) is 0 Å². The van der Waals surface area contributed by atoms with E-state index < -0.39 is 16.6 Å². The van der Waals surface area contributed by atoms with Crippen molar-refractivity contribution < 1.29 is 14.8 Å². The first-order valence-corrected chi connectivity index (χ1v) is 3.45. The molecule has 0 heterocycles. The Kier molecular flexibility index (Phi) is 2.44. The minimum absolute atomic E-state index is 0.0587.